The summed E-state index contributed by atoms with van der Waals surface area (Å²) in [4.78, 5) is 5.35. The fourth-order valence-electron chi connectivity index (χ4n) is 2.03. The third kappa shape index (κ3) is 2.02. The molecule has 0 atom stereocenters. The van der Waals surface area contributed by atoms with Gasteiger partial charge in [-0.2, -0.15) is 5.10 Å². The number of thiophene rings is 1. The van der Waals surface area contributed by atoms with Gasteiger partial charge in [0.05, 0.1) is 16.8 Å². The molecular weight excluding hydrogens is 268 g/mol. The van der Waals surface area contributed by atoms with Gasteiger partial charge in [0.2, 0.25) is 0 Å². The summed E-state index contributed by atoms with van der Waals surface area (Å²) in [5.74, 6) is 0. The van der Waals surface area contributed by atoms with Gasteiger partial charge in [0.25, 0.3) is 6.43 Å². The van der Waals surface area contributed by atoms with Crippen molar-refractivity contribution in [3.8, 4) is 10.6 Å². The van der Waals surface area contributed by atoms with Gasteiger partial charge in [0.1, 0.15) is 0 Å². The molecule has 0 N–H and O–H groups in total. The Hall–Kier alpha value is -1.82. The number of rotatable bonds is 3. The van der Waals surface area contributed by atoms with Crippen LogP contribution in [0.5, 0.6) is 0 Å². The Kier molecular flexibility index (Phi) is 3.02. The molecular formula is C13H11F2N3S. The molecule has 6 heteroatoms. The van der Waals surface area contributed by atoms with E-state index in [9.17, 15) is 8.78 Å². The average Bonchev–Trinajstić information content (AvgIpc) is 3.06. The lowest BCUT2D eigenvalue weighted by molar-refractivity contribution is 0.153. The van der Waals surface area contributed by atoms with Crippen molar-refractivity contribution in [2.24, 2.45) is 0 Å². The second kappa shape index (κ2) is 4.70. The number of hydrogen-bond donors (Lipinski definition) is 0. The Bertz CT molecular complexity index is 704. The van der Waals surface area contributed by atoms with Crippen LogP contribution in [0.15, 0.2) is 29.8 Å². The van der Waals surface area contributed by atoms with Gasteiger partial charge in [-0.3, -0.25) is 0 Å². The molecule has 0 radical (unpaired) electrons. The fourth-order valence-corrected chi connectivity index (χ4v) is 2.72. The lowest BCUT2D eigenvalue weighted by Gasteiger charge is -2.06. The van der Waals surface area contributed by atoms with Crippen molar-refractivity contribution in [2.45, 2.75) is 19.9 Å². The van der Waals surface area contributed by atoms with Crippen LogP contribution in [-0.4, -0.2) is 14.8 Å². The van der Waals surface area contributed by atoms with Crippen LogP contribution in [0, 0.1) is 0 Å². The van der Waals surface area contributed by atoms with E-state index >= 15 is 0 Å². The Morgan fingerprint density at radius 1 is 1.42 bits per heavy atom. The molecule has 0 aromatic carbocycles. The van der Waals surface area contributed by atoms with Crippen LogP contribution in [0.3, 0.4) is 0 Å². The van der Waals surface area contributed by atoms with Gasteiger partial charge in [0.15, 0.2) is 5.65 Å². The molecule has 3 nitrogen and oxygen atoms in total. The van der Waals surface area contributed by atoms with E-state index in [-0.39, 0.29) is 5.56 Å². The Balaban J connectivity index is 2.30. The van der Waals surface area contributed by atoms with Gasteiger partial charge in [-0.25, -0.2) is 18.4 Å². The molecule has 0 saturated heterocycles. The minimum Gasteiger partial charge on any atom is -0.248 e. The van der Waals surface area contributed by atoms with Crippen molar-refractivity contribution in [3.63, 3.8) is 0 Å². The molecule has 0 bridgehead atoms. The largest absolute Gasteiger partial charge is 0.264 e. The van der Waals surface area contributed by atoms with Gasteiger partial charge < -0.3 is 0 Å². The molecule has 3 aromatic rings. The molecule has 3 heterocycles. The highest BCUT2D eigenvalue weighted by Gasteiger charge is 2.18. The molecule has 0 spiro atoms. The highest BCUT2D eigenvalue weighted by molar-refractivity contribution is 7.13. The zero-order valence-corrected chi connectivity index (χ0v) is 11.0. The van der Waals surface area contributed by atoms with Crippen molar-refractivity contribution in [1.29, 1.82) is 0 Å². The predicted molar refractivity (Wildman–Crippen MR) is 71.5 cm³/mol. The van der Waals surface area contributed by atoms with Crippen molar-refractivity contribution in [1.82, 2.24) is 14.8 Å². The first-order chi connectivity index (χ1) is 9.20. The van der Waals surface area contributed by atoms with Crippen molar-refractivity contribution in [2.75, 3.05) is 0 Å². The van der Waals surface area contributed by atoms with Crippen LogP contribution < -0.4 is 0 Å². The minimum atomic E-state index is -2.53. The van der Waals surface area contributed by atoms with E-state index in [1.165, 1.54) is 23.6 Å². The van der Waals surface area contributed by atoms with E-state index in [1.54, 1.807) is 4.68 Å². The molecule has 0 amide bonds. The van der Waals surface area contributed by atoms with Crippen LogP contribution in [0.2, 0.25) is 0 Å². The van der Waals surface area contributed by atoms with Gasteiger partial charge in [0, 0.05) is 17.5 Å². The lowest BCUT2D eigenvalue weighted by atomic mass is 10.1. The zero-order valence-electron chi connectivity index (χ0n) is 10.2. The zero-order chi connectivity index (χ0) is 13.4. The third-order valence-corrected chi connectivity index (χ3v) is 3.84. The number of nitrogens with zero attached hydrogens (tertiary/aromatic N) is 3. The quantitative estimate of drug-likeness (QED) is 0.722. The number of hydrogen-bond acceptors (Lipinski definition) is 3. The minimum absolute atomic E-state index is 0.00639. The smallest absolute Gasteiger partial charge is 0.248 e. The Labute approximate surface area is 112 Å². The van der Waals surface area contributed by atoms with Crippen molar-refractivity contribution in [3.05, 3.63) is 35.3 Å². The molecule has 0 fully saturated rings. The number of aryl methyl sites for hydroxylation is 1. The normalized spacial score (nSPS) is 11.6. The SMILES string of the molecule is CCn1ncc2c(C(F)F)cc(-c3cccs3)nc21. The average molecular weight is 279 g/mol. The maximum absolute atomic E-state index is 13.2. The molecule has 0 aliphatic heterocycles. The predicted octanol–water partition coefficient (Wildman–Crippen LogP) is 4.12. The van der Waals surface area contributed by atoms with Gasteiger partial charge in [-0.15, -0.1) is 11.3 Å². The summed E-state index contributed by atoms with van der Waals surface area (Å²) in [6.45, 7) is 2.51. The number of pyridine rings is 1. The number of halogens is 2. The standard InChI is InChI=1S/C13H11F2N3S/c1-2-18-13-9(7-16-18)8(12(14)15)6-10(17-13)11-4-3-5-19-11/h3-7,12H,2H2,1H3. The number of aromatic nitrogens is 3. The summed E-state index contributed by atoms with van der Waals surface area (Å²) in [6.07, 6.45) is -1.07. The molecule has 0 unspecified atom stereocenters. The van der Waals surface area contributed by atoms with Gasteiger partial charge in [-0.05, 0) is 24.4 Å². The molecule has 98 valence electrons. The van der Waals surface area contributed by atoms with E-state index in [2.05, 4.69) is 10.1 Å². The first-order valence-electron chi connectivity index (χ1n) is 5.89. The van der Waals surface area contributed by atoms with Crippen molar-refractivity contribution >= 4 is 22.4 Å². The first kappa shape index (κ1) is 12.2. The summed E-state index contributed by atoms with van der Waals surface area (Å²) in [6, 6.07) is 5.21. The molecule has 0 aliphatic carbocycles. The first-order valence-corrected chi connectivity index (χ1v) is 6.77. The summed E-state index contributed by atoms with van der Waals surface area (Å²) in [5, 5.41) is 6.43. The summed E-state index contributed by atoms with van der Waals surface area (Å²) in [5.41, 5.74) is 1.09. The van der Waals surface area contributed by atoms with Crippen LogP contribution >= 0.6 is 11.3 Å². The topological polar surface area (TPSA) is 30.7 Å². The van der Waals surface area contributed by atoms with Crippen LogP contribution in [0.1, 0.15) is 18.9 Å². The molecule has 3 rings (SSSR count). The van der Waals surface area contributed by atoms with Gasteiger partial charge >= 0.3 is 0 Å². The second-order valence-electron chi connectivity index (χ2n) is 4.07. The van der Waals surface area contributed by atoms with Crippen LogP contribution in [0.25, 0.3) is 21.6 Å². The van der Waals surface area contributed by atoms with E-state index in [4.69, 9.17) is 0 Å². The third-order valence-electron chi connectivity index (χ3n) is 2.95. The molecule has 19 heavy (non-hydrogen) atoms. The summed E-state index contributed by atoms with van der Waals surface area (Å²) < 4.78 is 28.0. The Morgan fingerprint density at radius 3 is 2.89 bits per heavy atom. The Morgan fingerprint density at radius 2 is 2.26 bits per heavy atom. The highest BCUT2D eigenvalue weighted by atomic mass is 32.1. The summed E-state index contributed by atoms with van der Waals surface area (Å²) >= 11 is 1.48. The second-order valence-corrected chi connectivity index (χ2v) is 5.02. The van der Waals surface area contributed by atoms with Crippen LogP contribution in [0.4, 0.5) is 8.78 Å². The maximum Gasteiger partial charge on any atom is 0.264 e. The number of alkyl halides is 2. The highest BCUT2D eigenvalue weighted by Crippen LogP contribution is 2.32. The van der Waals surface area contributed by atoms with E-state index in [0.717, 1.165) is 4.88 Å². The lowest BCUT2D eigenvalue weighted by Crippen LogP contribution is -1.99. The maximum atomic E-state index is 13.2. The fraction of sp³-hybridized carbons (Fsp3) is 0.231. The van der Waals surface area contributed by atoms with Crippen LogP contribution in [-0.2, 0) is 6.54 Å². The number of fused-ring (bicyclic) bond motifs is 1. The van der Waals surface area contributed by atoms with Gasteiger partial charge in [-0.1, -0.05) is 6.07 Å². The van der Waals surface area contributed by atoms with Crippen molar-refractivity contribution < 1.29 is 8.78 Å². The summed E-state index contributed by atoms with van der Waals surface area (Å²) in [7, 11) is 0. The van der Waals surface area contributed by atoms with E-state index in [1.807, 2.05) is 24.4 Å². The monoisotopic (exact) mass is 279 g/mol. The molecule has 0 aliphatic rings. The molecule has 3 aromatic heterocycles. The van der Waals surface area contributed by atoms with E-state index in [0.29, 0.717) is 23.3 Å². The molecule has 0 saturated carbocycles. The van der Waals surface area contributed by atoms with E-state index < -0.39 is 6.43 Å².